The third kappa shape index (κ3) is 5.08. The number of ether oxygens (including phenoxy) is 2. The molecule has 0 unspecified atom stereocenters. The summed E-state index contributed by atoms with van der Waals surface area (Å²) in [6.45, 7) is 3.06. The predicted octanol–water partition coefficient (Wildman–Crippen LogP) is 2.83. The summed E-state index contributed by atoms with van der Waals surface area (Å²) in [4.78, 5) is 23.6. The first-order chi connectivity index (χ1) is 15.1. The molecule has 2 aromatic heterocycles. The molecular weight excluding hydrogens is 399 g/mol. The van der Waals surface area contributed by atoms with Gasteiger partial charge in [0.15, 0.2) is 0 Å². The molecule has 0 atom stereocenters. The summed E-state index contributed by atoms with van der Waals surface area (Å²) in [6, 6.07) is 9.81. The minimum Gasteiger partial charge on any atom is -0.491 e. The van der Waals surface area contributed by atoms with Crippen molar-refractivity contribution in [2.45, 2.75) is 12.8 Å². The van der Waals surface area contributed by atoms with Crippen molar-refractivity contribution in [2.24, 2.45) is 7.05 Å². The van der Waals surface area contributed by atoms with Crippen LogP contribution in [0.1, 0.15) is 12.0 Å². The van der Waals surface area contributed by atoms with E-state index in [1.807, 2.05) is 0 Å². The Hall–Kier alpha value is -3.26. The average molecular weight is 424 g/mol. The minimum absolute atomic E-state index is 0.134. The molecule has 7 nitrogen and oxygen atoms in total. The van der Waals surface area contributed by atoms with Crippen LogP contribution in [0, 0.1) is 5.82 Å². The lowest BCUT2D eigenvalue weighted by Crippen LogP contribution is -2.40. The molecule has 4 rings (SSSR count). The molecule has 0 bridgehead atoms. The molecule has 0 saturated carbocycles. The Balaban J connectivity index is 1.50. The van der Waals surface area contributed by atoms with Crippen molar-refractivity contribution < 1.29 is 13.9 Å². The number of nitrogens with zero attached hydrogens (tertiary/aromatic N) is 4. The van der Waals surface area contributed by atoms with E-state index in [4.69, 9.17) is 14.5 Å². The topological polar surface area (TPSA) is 69.5 Å². The van der Waals surface area contributed by atoms with E-state index in [9.17, 15) is 9.18 Å². The Kier molecular flexibility index (Phi) is 6.57. The normalized spacial score (nSPS) is 13.9. The van der Waals surface area contributed by atoms with Crippen molar-refractivity contribution in [1.29, 1.82) is 0 Å². The summed E-state index contributed by atoms with van der Waals surface area (Å²) in [5.74, 6) is 0.957. The SMILES string of the molecule is Cn1c(N2CCOCC2)nc(-c2ccncc2OCCCc2ccc(F)cc2)cc1=O. The van der Waals surface area contributed by atoms with Gasteiger partial charge in [0.2, 0.25) is 5.95 Å². The molecule has 1 saturated heterocycles. The molecule has 0 radical (unpaired) electrons. The zero-order chi connectivity index (χ0) is 21.6. The number of aryl methyl sites for hydroxylation is 1. The fraction of sp³-hybridized carbons (Fsp3) is 0.348. The summed E-state index contributed by atoms with van der Waals surface area (Å²) in [7, 11) is 1.73. The summed E-state index contributed by atoms with van der Waals surface area (Å²) >= 11 is 0. The van der Waals surface area contributed by atoms with E-state index >= 15 is 0 Å². The maximum Gasteiger partial charge on any atom is 0.255 e. The van der Waals surface area contributed by atoms with E-state index in [1.54, 1.807) is 42.2 Å². The molecule has 3 heterocycles. The van der Waals surface area contributed by atoms with Crippen LogP contribution in [0.5, 0.6) is 5.75 Å². The van der Waals surface area contributed by atoms with Crippen LogP contribution < -0.4 is 15.2 Å². The van der Waals surface area contributed by atoms with Crippen LogP contribution in [0.2, 0.25) is 0 Å². The van der Waals surface area contributed by atoms with Crippen molar-refractivity contribution in [3.05, 3.63) is 70.5 Å². The van der Waals surface area contributed by atoms with E-state index in [0.717, 1.165) is 24.0 Å². The highest BCUT2D eigenvalue weighted by atomic mass is 19.1. The number of aromatic nitrogens is 3. The molecule has 0 spiro atoms. The first-order valence-corrected chi connectivity index (χ1v) is 10.3. The lowest BCUT2D eigenvalue weighted by molar-refractivity contribution is 0.121. The van der Waals surface area contributed by atoms with E-state index in [-0.39, 0.29) is 11.4 Å². The molecule has 31 heavy (non-hydrogen) atoms. The van der Waals surface area contributed by atoms with Gasteiger partial charge in [-0.3, -0.25) is 14.3 Å². The van der Waals surface area contributed by atoms with Gasteiger partial charge in [0.05, 0.1) is 31.7 Å². The summed E-state index contributed by atoms with van der Waals surface area (Å²) in [5.41, 5.74) is 2.20. The van der Waals surface area contributed by atoms with Gasteiger partial charge in [-0.05, 0) is 36.6 Å². The van der Waals surface area contributed by atoms with Gasteiger partial charge in [-0.15, -0.1) is 0 Å². The predicted molar refractivity (Wildman–Crippen MR) is 116 cm³/mol. The van der Waals surface area contributed by atoms with Gasteiger partial charge in [-0.25, -0.2) is 9.37 Å². The molecule has 1 aliphatic heterocycles. The molecule has 0 N–H and O–H groups in total. The lowest BCUT2D eigenvalue weighted by Gasteiger charge is -2.29. The zero-order valence-electron chi connectivity index (χ0n) is 17.5. The average Bonchev–Trinajstić information content (AvgIpc) is 2.80. The van der Waals surface area contributed by atoms with Gasteiger partial charge in [0, 0.05) is 38.0 Å². The fourth-order valence-corrected chi connectivity index (χ4v) is 3.53. The Morgan fingerprint density at radius 3 is 2.71 bits per heavy atom. The van der Waals surface area contributed by atoms with Crippen LogP contribution in [0.15, 0.2) is 53.6 Å². The van der Waals surface area contributed by atoms with Gasteiger partial charge in [-0.2, -0.15) is 0 Å². The van der Waals surface area contributed by atoms with Crippen LogP contribution in [-0.2, 0) is 18.2 Å². The monoisotopic (exact) mass is 424 g/mol. The maximum absolute atomic E-state index is 13.0. The van der Waals surface area contributed by atoms with Gasteiger partial charge in [-0.1, -0.05) is 12.1 Å². The van der Waals surface area contributed by atoms with Crippen molar-refractivity contribution in [2.75, 3.05) is 37.8 Å². The van der Waals surface area contributed by atoms with Crippen LogP contribution in [0.25, 0.3) is 11.3 Å². The van der Waals surface area contributed by atoms with Crippen molar-refractivity contribution >= 4 is 5.95 Å². The van der Waals surface area contributed by atoms with E-state index in [2.05, 4.69) is 9.88 Å². The molecule has 1 aromatic carbocycles. The molecule has 0 amide bonds. The lowest BCUT2D eigenvalue weighted by atomic mass is 10.1. The number of anilines is 1. The maximum atomic E-state index is 13.0. The van der Waals surface area contributed by atoms with Crippen molar-refractivity contribution in [1.82, 2.24) is 14.5 Å². The smallest absolute Gasteiger partial charge is 0.255 e. The highest BCUT2D eigenvalue weighted by molar-refractivity contribution is 5.67. The fourth-order valence-electron chi connectivity index (χ4n) is 3.53. The van der Waals surface area contributed by atoms with Crippen LogP contribution in [0.3, 0.4) is 0 Å². The summed E-state index contributed by atoms with van der Waals surface area (Å²) in [5, 5.41) is 0. The summed E-state index contributed by atoms with van der Waals surface area (Å²) < 4.78 is 26.0. The first kappa shape index (κ1) is 21.0. The number of hydrogen-bond donors (Lipinski definition) is 0. The van der Waals surface area contributed by atoms with Crippen molar-refractivity contribution in [3.63, 3.8) is 0 Å². The zero-order valence-corrected chi connectivity index (χ0v) is 17.5. The molecule has 8 heteroatoms. The first-order valence-electron chi connectivity index (χ1n) is 10.3. The third-order valence-electron chi connectivity index (χ3n) is 5.25. The second kappa shape index (κ2) is 9.70. The molecule has 1 fully saturated rings. The highest BCUT2D eigenvalue weighted by Crippen LogP contribution is 2.28. The Bertz CT molecular complexity index is 1080. The number of benzene rings is 1. The molecular formula is C23H25FN4O3. The van der Waals surface area contributed by atoms with Gasteiger partial charge >= 0.3 is 0 Å². The van der Waals surface area contributed by atoms with Crippen molar-refractivity contribution in [3.8, 4) is 17.0 Å². The highest BCUT2D eigenvalue weighted by Gasteiger charge is 2.18. The number of halogens is 1. The molecule has 3 aromatic rings. The minimum atomic E-state index is -0.238. The molecule has 1 aliphatic rings. The van der Waals surface area contributed by atoms with Gasteiger partial charge < -0.3 is 14.4 Å². The number of rotatable bonds is 7. The van der Waals surface area contributed by atoms with Crippen LogP contribution in [-0.4, -0.2) is 47.4 Å². The van der Waals surface area contributed by atoms with E-state index in [0.29, 0.717) is 50.3 Å². The number of pyridine rings is 1. The van der Waals surface area contributed by atoms with Crippen LogP contribution >= 0.6 is 0 Å². The summed E-state index contributed by atoms with van der Waals surface area (Å²) in [6.07, 6.45) is 4.85. The second-order valence-corrected chi connectivity index (χ2v) is 7.39. The third-order valence-corrected chi connectivity index (χ3v) is 5.25. The Morgan fingerprint density at radius 2 is 1.94 bits per heavy atom. The second-order valence-electron chi connectivity index (χ2n) is 7.39. The quantitative estimate of drug-likeness (QED) is 0.544. The van der Waals surface area contributed by atoms with E-state index < -0.39 is 0 Å². The van der Waals surface area contributed by atoms with E-state index in [1.165, 1.54) is 18.2 Å². The van der Waals surface area contributed by atoms with Crippen LogP contribution in [0.4, 0.5) is 10.3 Å². The Labute approximate surface area is 180 Å². The standard InChI is InChI=1S/C23H25FN4O3/c1-27-22(29)15-20(26-23(27)28-10-13-30-14-11-28)19-8-9-25-16-21(19)31-12-2-3-17-4-6-18(24)7-5-17/h4-9,15-16H,2-3,10-14H2,1H3. The molecule has 0 aliphatic carbocycles. The molecule has 162 valence electrons. The Morgan fingerprint density at radius 1 is 1.16 bits per heavy atom. The van der Waals surface area contributed by atoms with Gasteiger partial charge in [0.1, 0.15) is 11.6 Å². The number of morpholine rings is 1. The largest absolute Gasteiger partial charge is 0.491 e. The number of hydrogen-bond acceptors (Lipinski definition) is 6. The van der Waals surface area contributed by atoms with Gasteiger partial charge in [0.25, 0.3) is 5.56 Å².